The molecule has 0 aliphatic carbocycles. The fraction of sp³-hybridized carbons (Fsp3) is 0.333. The molecule has 0 bridgehead atoms. The van der Waals surface area contributed by atoms with Gasteiger partial charge in [-0.15, -0.1) is 0 Å². The zero-order valence-electron chi connectivity index (χ0n) is 7.03. The van der Waals surface area contributed by atoms with Gasteiger partial charge in [0, 0.05) is 10.1 Å². The third kappa shape index (κ3) is 3.09. The third-order valence-electron chi connectivity index (χ3n) is 1.59. The number of nitrogens with two attached hydrogens (primary N) is 1. The van der Waals surface area contributed by atoms with E-state index in [-0.39, 0.29) is 0 Å². The Bertz CT molecular complexity index is 231. The van der Waals surface area contributed by atoms with Crippen LogP contribution in [0, 0.1) is 0 Å². The molecule has 0 saturated carbocycles. The van der Waals surface area contributed by atoms with Gasteiger partial charge in [-0.2, -0.15) is 12.6 Å². The summed E-state index contributed by atoms with van der Waals surface area (Å²) in [5.74, 6) is 0. The summed E-state index contributed by atoms with van der Waals surface area (Å²) < 4.78 is 0. The van der Waals surface area contributed by atoms with Crippen molar-refractivity contribution in [3.05, 3.63) is 29.8 Å². The van der Waals surface area contributed by atoms with Crippen LogP contribution in [0.15, 0.2) is 29.2 Å². The first-order chi connectivity index (χ1) is 5.72. The van der Waals surface area contributed by atoms with Crippen molar-refractivity contribution in [1.82, 2.24) is 0 Å². The normalized spacial score (nSPS) is 12.9. The highest BCUT2D eigenvalue weighted by atomic mass is 32.2. The van der Waals surface area contributed by atoms with Crippen LogP contribution in [0.25, 0.3) is 0 Å². The van der Waals surface area contributed by atoms with Gasteiger partial charge in [-0.1, -0.05) is 19.1 Å². The Morgan fingerprint density at radius 1 is 1.42 bits per heavy atom. The Labute approximate surface area is 83.3 Å². The van der Waals surface area contributed by atoms with Gasteiger partial charge >= 0.3 is 0 Å². The molecule has 12 heavy (non-hydrogen) atoms. The average Bonchev–Trinajstić information content (AvgIpc) is 2.05. The van der Waals surface area contributed by atoms with Crippen LogP contribution in [0.5, 0.6) is 0 Å². The van der Waals surface area contributed by atoms with Gasteiger partial charge in [0.1, 0.15) is 0 Å². The summed E-state index contributed by atoms with van der Waals surface area (Å²) in [6.07, 6.45) is 1.01. The molecule has 0 aromatic heterocycles. The van der Waals surface area contributed by atoms with Crippen LogP contribution < -0.4 is 5.14 Å². The highest BCUT2D eigenvalue weighted by Crippen LogP contribution is 2.14. The van der Waals surface area contributed by atoms with E-state index in [9.17, 15) is 0 Å². The monoisotopic (exact) mass is 199 g/mol. The molecule has 1 atom stereocenters. The van der Waals surface area contributed by atoms with Crippen molar-refractivity contribution < 1.29 is 0 Å². The highest BCUT2D eigenvalue weighted by Gasteiger charge is 1.97. The van der Waals surface area contributed by atoms with Crippen LogP contribution in [-0.4, -0.2) is 5.25 Å². The summed E-state index contributed by atoms with van der Waals surface area (Å²) in [6, 6.07) is 8.27. The molecule has 0 amide bonds. The Morgan fingerprint density at radius 3 is 2.42 bits per heavy atom. The number of rotatable bonds is 3. The molecule has 0 fully saturated rings. The van der Waals surface area contributed by atoms with Crippen LogP contribution in [0.1, 0.15) is 12.5 Å². The molecule has 66 valence electrons. The highest BCUT2D eigenvalue weighted by molar-refractivity contribution is 7.97. The zero-order valence-corrected chi connectivity index (χ0v) is 8.74. The van der Waals surface area contributed by atoms with E-state index in [2.05, 4.69) is 31.7 Å². The molecule has 0 aliphatic heterocycles. The molecule has 1 aromatic carbocycles. The maximum atomic E-state index is 5.40. The summed E-state index contributed by atoms with van der Waals surface area (Å²) in [5.41, 5.74) is 1.32. The first kappa shape index (κ1) is 9.96. The van der Waals surface area contributed by atoms with E-state index in [1.165, 1.54) is 17.5 Å². The van der Waals surface area contributed by atoms with Gasteiger partial charge in [-0.3, -0.25) is 5.14 Å². The lowest BCUT2D eigenvalue weighted by atomic mass is 10.1. The molecule has 0 spiro atoms. The van der Waals surface area contributed by atoms with E-state index in [4.69, 9.17) is 5.14 Å². The van der Waals surface area contributed by atoms with Crippen LogP contribution in [0.3, 0.4) is 0 Å². The molecule has 3 heteroatoms. The van der Waals surface area contributed by atoms with Crippen molar-refractivity contribution in [3.63, 3.8) is 0 Å². The molecule has 1 nitrogen and oxygen atoms in total. The average molecular weight is 199 g/mol. The number of thiol groups is 1. The molecular formula is C9H13NS2. The second-order valence-electron chi connectivity index (χ2n) is 2.81. The first-order valence-electron chi connectivity index (χ1n) is 3.86. The summed E-state index contributed by atoms with van der Waals surface area (Å²) in [4.78, 5) is 1.10. The van der Waals surface area contributed by atoms with E-state index in [1.54, 1.807) is 0 Å². The second-order valence-corrected chi connectivity index (χ2v) is 4.40. The Kier molecular flexibility index (Phi) is 3.98. The van der Waals surface area contributed by atoms with Crippen LogP contribution in [0.4, 0.5) is 0 Å². The number of hydrogen-bond donors (Lipinski definition) is 2. The SMILES string of the molecule is CC(S)Cc1ccc(SN)cc1. The minimum Gasteiger partial charge on any atom is -0.274 e. The summed E-state index contributed by atoms with van der Waals surface area (Å²) >= 11 is 5.61. The van der Waals surface area contributed by atoms with Gasteiger partial charge in [0.25, 0.3) is 0 Å². The standard InChI is InChI=1S/C9H13NS2/c1-7(11)6-8-2-4-9(12-10)5-3-8/h2-5,7,11H,6,10H2,1H3. The van der Waals surface area contributed by atoms with Gasteiger partial charge in [-0.05, 0) is 36.1 Å². The molecule has 0 saturated heterocycles. The summed E-state index contributed by atoms with van der Waals surface area (Å²) in [5, 5.41) is 5.82. The number of benzene rings is 1. The fourth-order valence-corrected chi connectivity index (χ4v) is 1.55. The lowest BCUT2D eigenvalue weighted by Crippen LogP contribution is -1.96. The van der Waals surface area contributed by atoms with Crippen LogP contribution >= 0.6 is 24.6 Å². The van der Waals surface area contributed by atoms with E-state index in [0.717, 1.165) is 11.3 Å². The summed E-state index contributed by atoms with van der Waals surface area (Å²) in [7, 11) is 0. The predicted molar refractivity (Wildman–Crippen MR) is 58.6 cm³/mol. The van der Waals surface area contributed by atoms with Gasteiger partial charge in [0.15, 0.2) is 0 Å². The van der Waals surface area contributed by atoms with Crippen LogP contribution in [0.2, 0.25) is 0 Å². The molecule has 0 aliphatic rings. The molecule has 1 rings (SSSR count). The molecule has 0 heterocycles. The van der Waals surface area contributed by atoms with Gasteiger partial charge in [0.05, 0.1) is 0 Å². The topological polar surface area (TPSA) is 26.0 Å². The van der Waals surface area contributed by atoms with Crippen molar-refractivity contribution in [2.75, 3.05) is 0 Å². The van der Waals surface area contributed by atoms with Crippen molar-refractivity contribution in [2.45, 2.75) is 23.5 Å². The quantitative estimate of drug-likeness (QED) is 0.578. The lowest BCUT2D eigenvalue weighted by Gasteiger charge is -2.04. The smallest absolute Gasteiger partial charge is 0.0226 e. The van der Waals surface area contributed by atoms with Gasteiger partial charge < -0.3 is 0 Å². The molecule has 1 aromatic rings. The predicted octanol–water partition coefficient (Wildman–Crippen LogP) is 2.51. The van der Waals surface area contributed by atoms with E-state index in [1.807, 2.05) is 12.1 Å². The van der Waals surface area contributed by atoms with E-state index >= 15 is 0 Å². The van der Waals surface area contributed by atoms with Crippen molar-refractivity contribution in [3.8, 4) is 0 Å². The third-order valence-corrected chi connectivity index (χ3v) is 2.32. The Balaban J connectivity index is 2.65. The fourth-order valence-electron chi connectivity index (χ4n) is 1.05. The Hall–Kier alpha value is -0.120. The Morgan fingerprint density at radius 2 is 2.00 bits per heavy atom. The van der Waals surface area contributed by atoms with E-state index in [0.29, 0.717) is 5.25 Å². The number of hydrogen-bond acceptors (Lipinski definition) is 3. The molecule has 2 N–H and O–H groups in total. The maximum Gasteiger partial charge on any atom is 0.0226 e. The van der Waals surface area contributed by atoms with Crippen molar-refractivity contribution in [2.24, 2.45) is 5.14 Å². The maximum absolute atomic E-state index is 5.40. The van der Waals surface area contributed by atoms with Gasteiger partial charge in [-0.25, -0.2) is 0 Å². The van der Waals surface area contributed by atoms with Crippen molar-refractivity contribution >= 4 is 24.6 Å². The largest absolute Gasteiger partial charge is 0.274 e. The van der Waals surface area contributed by atoms with Gasteiger partial charge in [0.2, 0.25) is 0 Å². The second kappa shape index (κ2) is 4.80. The van der Waals surface area contributed by atoms with Crippen LogP contribution in [-0.2, 0) is 6.42 Å². The minimum absolute atomic E-state index is 0.418. The lowest BCUT2D eigenvalue weighted by molar-refractivity contribution is 0.948. The zero-order chi connectivity index (χ0) is 8.97. The molecular weight excluding hydrogens is 186 g/mol. The summed E-state index contributed by atoms with van der Waals surface area (Å²) in [6.45, 7) is 2.09. The first-order valence-corrected chi connectivity index (χ1v) is 5.25. The molecule has 1 unspecified atom stereocenters. The minimum atomic E-state index is 0.418. The van der Waals surface area contributed by atoms with Crippen molar-refractivity contribution in [1.29, 1.82) is 0 Å². The van der Waals surface area contributed by atoms with E-state index < -0.39 is 0 Å². The molecule has 0 radical (unpaired) electrons.